The Morgan fingerprint density at radius 3 is 2.85 bits per heavy atom. The lowest BCUT2D eigenvalue weighted by Crippen LogP contribution is -2.46. The van der Waals surface area contributed by atoms with E-state index < -0.39 is 6.04 Å². The fourth-order valence-corrected chi connectivity index (χ4v) is 3.76. The molecule has 2 rings (SSSR count). The van der Waals surface area contributed by atoms with Gasteiger partial charge in [-0.25, -0.2) is 0 Å². The average Bonchev–Trinajstić information content (AvgIpc) is 2.80. The predicted molar refractivity (Wildman–Crippen MR) is 81.4 cm³/mol. The highest BCUT2D eigenvalue weighted by molar-refractivity contribution is 8.00. The molecule has 0 unspecified atom stereocenters. The molecule has 1 N–H and O–H groups in total. The Balaban J connectivity index is 2.27. The summed E-state index contributed by atoms with van der Waals surface area (Å²) in [6.07, 6.45) is 0. The van der Waals surface area contributed by atoms with E-state index in [1.54, 1.807) is 23.6 Å². The van der Waals surface area contributed by atoms with Crippen LogP contribution in [0.4, 0.5) is 0 Å². The SMILES string of the molecule is CCNC(=O)[C@H](C)N1C(=O)CS[C@H]1c1ccccc1C. The van der Waals surface area contributed by atoms with Crippen molar-refractivity contribution in [2.24, 2.45) is 0 Å². The quantitative estimate of drug-likeness (QED) is 0.924. The zero-order chi connectivity index (χ0) is 14.7. The number of carbonyl (C=O) groups excluding carboxylic acids is 2. The van der Waals surface area contributed by atoms with Gasteiger partial charge in [-0.05, 0) is 31.9 Å². The Hall–Kier alpha value is -1.49. The lowest BCUT2D eigenvalue weighted by molar-refractivity contribution is -0.137. The molecule has 4 nitrogen and oxygen atoms in total. The van der Waals surface area contributed by atoms with Crippen LogP contribution >= 0.6 is 11.8 Å². The number of hydrogen-bond acceptors (Lipinski definition) is 3. The van der Waals surface area contributed by atoms with Gasteiger partial charge in [0.25, 0.3) is 0 Å². The molecular formula is C15H20N2O2S. The van der Waals surface area contributed by atoms with Gasteiger partial charge in [-0.3, -0.25) is 9.59 Å². The van der Waals surface area contributed by atoms with E-state index in [-0.39, 0.29) is 17.2 Å². The van der Waals surface area contributed by atoms with Gasteiger partial charge in [-0.15, -0.1) is 11.8 Å². The molecule has 2 amide bonds. The van der Waals surface area contributed by atoms with E-state index >= 15 is 0 Å². The second-order valence-corrected chi connectivity index (χ2v) is 5.96. The fraction of sp³-hybridized carbons (Fsp3) is 0.467. The van der Waals surface area contributed by atoms with Crippen LogP contribution in [0.5, 0.6) is 0 Å². The summed E-state index contributed by atoms with van der Waals surface area (Å²) in [5, 5.41) is 2.72. The second-order valence-electron chi connectivity index (χ2n) is 4.89. The van der Waals surface area contributed by atoms with Gasteiger partial charge in [0, 0.05) is 6.54 Å². The molecule has 1 heterocycles. The molecule has 1 aliphatic rings. The van der Waals surface area contributed by atoms with Gasteiger partial charge in [0.15, 0.2) is 0 Å². The van der Waals surface area contributed by atoms with Crippen LogP contribution in [-0.4, -0.2) is 35.1 Å². The van der Waals surface area contributed by atoms with Crippen molar-refractivity contribution in [2.75, 3.05) is 12.3 Å². The third kappa shape index (κ3) is 2.82. The number of carbonyl (C=O) groups is 2. The van der Waals surface area contributed by atoms with Crippen LogP contribution in [0.3, 0.4) is 0 Å². The molecule has 0 spiro atoms. The maximum absolute atomic E-state index is 12.1. The zero-order valence-electron chi connectivity index (χ0n) is 12.1. The second kappa shape index (κ2) is 6.31. The maximum Gasteiger partial charge on any atom is 0.242 e. The number of rotatable bonds is 4. The monoisotopic (exact) mass is 292 g/mol. The van der Waals surface area contributed by atoms with Gasteiger partial charge in [-0.2, -0.15) is 0 Å². The molecule has 2 atom stereocenters. The summed E-state index contributed by atoms with van der Waals surface area (Å²) in [7, 11) is 0. The smallest absolute Gasteiger partial charge is 0.242 e. The summed E-state index contributed by atoms with van der Waals surface area (Å²) in [4.78, 5) is 25.9. The lowest BCUT2D eigenvalue weighted by atomic mass is 10.1. The number of likely N-dealkylation sites (N-methyl/N-ethyl adjacent to an activating group) is 1. The summed E-state index contributed by atoms with van der Waals surface area (Å²) in [5.74, 6) is 0.367. The Bertz CT molecular complexity index is 518. The number of hydrogen-bond donors (Lipinski definition) is 1. The van der Waals surface area contributed by atoms with Gasteiger partial charge < -0.3 is 10.2 Å². The highest BCUT2D eigenvalue weighted by Crippen LogP contribution is 2.41. The zero-order valence-corrected chi connectivity index (χ0v) is 12.9. The third-order valence-electron chi connectivity index (χ3n) is 3.51. The van der Waals surface area contributed by atoms with Crippen LogP contribution in [-0.2, 0) is 9.59 Å². The van der Waals surface area contributed by atoms with Crippen LogP contribution < -0.4 is 5.32 Å². The molecular weight excluding hydrogens is 272 g/mol. The van der Waals surface area contributed by atoms with Gasteiger partial charge in [0.1, 0.15) is 11.4 Å². The largest absolute Gasteiger partial charge is 0.355 e. The minimum atomic E-state index is -0.443. The normalized spacial score (nSPS) is 20.1. The van der Waals surface area contributed by atoms with Gasteiger partial charge in [-0.1, -0.05) is 24.3 Å². The van der Waals surface area contributed by atoms with Crippen molar-refractivity contribution < 1.29 is 9.59 Å². The summed E-state index contributed by atoms with van der Waals surface area (Å²) in [6.45, 7) is 6.28. The molecule has 0 radical (unpaired) electrons. The Kier molecular flexibility index (Phi) is 4.70. The Labute approximate surface area is 123 Å². The number of thioether (sulfide) groups is 1. The molecule has 0 bridgehead atoms. The molecule has 20 heavy (non-hydrogen) atoms. The molecule has 1 aromatic carbocycles. The first-order valence-corrected chi connectivity index (χ1v) is 7.87. The van der Waals surface area contributed by atoms with Crippen LogP contribution in [0.25, 0.3) is 0 Å². The van der Waals surface area contributed by atoms with E-state index in [4.69, 9.17) is 0 Å². The van der Waals surface area contributed by atoms with Crippen LogP contribution in [0.1, 0.15) is 30.3 Å². The van der Waals surface area contributed by atoms with Crippen molar-refractivity contribution >= 4 is 23.6 Å². The minimum absolute atomic E-state index is 0.0296. The number of benzene rings is 1. The number of nitrogens with zero attached hydrogens (tertiary/aromatic N) is 1. The number of nitrogens with one attached hydrogen (secondary N) is 1. The Morgan fingerprint density at radius 1 is 1.50 bits per heavy atom. The standard InChI is InChI=1S/C15H20N2O2S/c1-4-16-14(19)11(3)17-13(18)9-20-15(17)12-8-6-5-7-10(12)2/h5-8,11,15H,4,9H2,1-3H3,(H,16,19)/t11-,15-/m0/s1. The van der Waals surface area contributed by atoms with Gasteiger partial charge >= 0.3 is 0 Å². The predicted octanol–water partition coefficient (Wildman–Crippen LogP) is 2.09. The number of aryl methyl sites for hydroxylation is 1. The van der Waals surface area contributed by atoms with E-state index in [9.17, 15) is 9.59 Å². The van der Waals surface area contributed by atoms with Crippen molar-refractivity contribution in [3.63, 3.8) is 0 Å². The summed E-state index contributed by atoms with van der Waals surface area (Å²) >= 11 is 1.59. The summed E-state index contributed by atoms with van der Waals surface area (Å²) in [5.41, 5.74) is 2.26. The molecule has 0 saturated carbocycles. The van der Waals surface area contributed by atoms with E-state index in [0.29, 0.717) is 12.3 Å². The van der Waals surface area contributed by atoms with Crippen molar-refractivity contribution in [2.45, 2.75) is 32.2 Å². The molecule has 108 valence electrons. The fourth-order valence-electron chi connectivity index (χ4n) is 2.41. The highest BCUT2D eigenvalue weighted by Gasteiger charge is 2.38. The van der Waals surface area contributed by atoms with Crippen molar-refractivity contribution in [1.29, 1.82) is 0 Å². The molecule has 1 aromatic rings. The first-order chi connectivity index (χ1) is 9.56. The Morgan fingerprint density at radius 2 is 2.20 bits per heavy atom. The first kappa shape index (κ1) is 14.9. The summed E-state index contributed by atoms with van der Waals surface area (Å²) < 4.78 is 0. The van der Waals surface area contributed by atoms with E-state index in [2.05, 4.69) is 5.32 Å². The molecule has 1 aliphatic heterocycles. The summed E-state index contributed by atoms with van der Waals surface area (Å²) in [6, 6.07) is 7.58. The van der Waals surface area contributed by atoms with Crippen LogP contribution in [0.2, 0.25) is 0 Å². The van der Waals surface area contributed by atoms with Crippen molar-refractivity contribution in [3.05, 3.63) is 35.4 Å². The van der Waals surface area contributed by atoms with E-state index in [1.807, 2.05) is 38.1 Å². The van der Waals surface area contributed by atoms with Gasteiger partial charge in [0.2, 0.25) is 11.8 Å². The van der Waals surface area contributed by atoms with Crippen molar-refractivity contribution in [3.8, 4) is 0 Å². The van der Waals surface area contributed by atoms with Crippen molar-refractivity contribution in [1.82, 2.24) is 10.2 Å². The number of amides is 2. The molecule has 1 fully saturated rings. The topological polar surface area (TPSA) is 49.4 Å². The molecule has 0 aromatic heterocycles. The first-order valence-electron chi connectivity index (χ1n) is 6.82. The lowest BCUT2D eigenvalue weighted by Gasteiger charge is -2.30. The average molecular weight is 292 g/mol. The van der Waals surface area contributed by atoms with Crippen LogP contribution in [0, 0.1) is 6.92 Å². The minimum Gasteiger partial charge on any atom is -0.355 e. The molecule has 1 saturated heterocycles. The van der Waals surface area contributed by atoms with Gasteiger partial charge in [0.05, 0.1) is 5.75 Å². The van der Waals surface area contributed by atoms with Crippen LogP contribution in [0.15, 0.2) is 24.3 Å². The molecule has 0 aliphatic carbocycles. The van der Waals surface area contributed by atoms with E-state index in [0.717, 1.165) is 11.1 Å². The molecule has 5 heteroatoms. The third-order valence-corrected chi connectivity index (χ3v) is 4.72. The maximum atomic E-state index is 12.1. The van der Waals surface area contributed by atoms with E-state index in [1.165, 1.54) is 0 Å². The highest BCUT2D eigenvalue weighted by atomic mass is 32.2.